The molecule has 3 aromatic heterocycles. The number of nitrogens with zero attached hydrogens (tertiary/aromatic N) is 4. The second-order valence-corrected chi connectivity index (χ2v) is 8.06. The van der Waals surface area contributed by atoms with Gasteiger partial charge in [-0.3, -0.25) is 9.20 Å². The number of thioether (sulfide) groups is 1. The van der Waals surface area contributed by atoms with Crippen LogP contribution >= 0.6 is 34.4 Å². The van der Waals surface area contributed by atoms with E-state index in [0.29, 0.717) is 5.75 Å². The van der Waals surface area contributed by atoms with Gasteiger partial charge in [-0.1, -0.05) is 46.6 Å². The van der Waals surface area contributed by atoms with Crippen molar-refractivity contribution in [3.63, 3.8) is 0 Å². The molecule has 8 heteroatoms. The fourth-order valence-corrected chi connectivity index (χ4v) is 4.93. The molecule has 0 saturated carbocycles. The molecule has 0 spiro atoms. The molecule has 0 fully saturated rings. The van der Waals surface area contributed by atoms with E-state index in [1.807, 2.05) is 31.2 Å². The van der Waals surface area contributed by atoms with E-state index >= 15 is 0 Å². The van der Waals surface area contributed by atoms with Gasteiger partial charge in [0.1, 0.15) is 5.01 Å². The summed E-state index contributed by atoms with van der Waals surface area (Å²) in [6.07, 6.45) is 0. The maximum Gasteiger partial charge on any atom is 0.259 e. The fourth-order valence-electron chi connectivity index (χ4n) is 2.17. The van der Waals surface area contributed by atoms with E-state index in [-0.39, 0.29) is 5.56 Å². The van der Waals surface area contributed by atoms with Crippen LogP contribution in [-0.4, -0.2) is 19.6 Å². The first-order valence-corrected chi connectivity index (χ1v) is 9.16. The van der Waals surface area contributed by atoms with Crippen molar-refractivity contribution in [2.75, 3.05) is 0 Å². The van der Waals surface area contributed by atoms with Crippen LogP contribution in [0.1, 0.15) is 10.7 Å². The quantitative estimate of drug-likeness (QED) is 0.532. The summed E-state index contributed by atoms with van der Waals surface area (Å²) in [5, 5.41) is 9.00. The third kappa shape index (κ3) is 2.43. The Morgan fingerprint density at radius 3 is 2.91 bits per heavy atom. The molecule has 4 aromatic rings. The SMILES string of the molecule is Cc1nnc(SCc2cc(=O)n3c(n2)sc2ccccc23)s1. The third-order valence-electron chi connectivity index (χ3n) is 3.10. The van der Waals surface area contributed by atoms with Gasteiger partial charge in [-0.2, -0.15) is 0 Å². The van der Waals surface area contributed by atoms with E-state index in [2.05, 4.69) is 15.2 Å². The Kier molecular flexibility index (Phi) is 3.44. The third-order valence-corrected chi connectivity index (χ3v) is 6.13. The van der Waals surface area contributed by atoms with E-state index in [9.17, 15) is 4.79 Å². The molecule has 0 aliphatic rings. The van der Waals surface area contributed by atoms with Gasteiger partial charge < -0.3 is 0 Å². The maximum absolute atomic E-state index is 12.4. The van der Waals surface area contributed by atoms with Crippen LogP contribution in [-0.2, 0) is 5.75 Å². The molecule has 22 heavy (non-hydrogen) atoms. The number of benzene rings is 1. The summed E-state index contributed by atoms with van der Waals surface area (Å²) < 4.78 is 3.64. The lowest BCUT2D eigenvalue weighted by atomic mass is 10.3. The summed E-state index contributed by atoms with van der Waals surface area (Å²) in [7, 11) is 0. The first-order chi connectivity index (χ1) is 10.7. The average molecular weight is 346 g/mol. The van der Waals surface area contributed by atoms with Crippen molar-refractivity contribution in [1.82, 2.24) is 19.6 Å². The Labute approximate surface area is 137 Å². The van der Waals surface area contributed by atoms with E-state index in [1.165, 1.54) is 11.3 Å². The van der Waals surface area contributed by atoms with Gasteiger partial charge in [-0.15, -0.1) is 10.2 Å². The summed E-state index contributed by atoms with van der Waals surface area (Å²) in [6.45, 7) is 1.93. The molecule has 0 radical (unpaired) electrons. The molecule has 5 nitrogen and oxygen atoms in total. The average Bonchev–Trinajstić information content (AvgIpc) is 3.08. The van der Waals surface area contributed by atoms with Crippen LogP contribution < -0.4 is 5.56 Å². The van der Waals surface area contributed by atoms with Gasteiger partial charge >= 0.3 is 0 Å². The summed E-state index contributed by atoms with van der Waals surface area (Å²) in [5.41, 5.74) is 1.65. The largest absolute Gasteiger partial charge is 0.269 e. The molecule has 1 aromatic carbocycles. The highest BCUT2D eigenvalue weighted by atomic mass is 32.2. The van der Waals surface area contributed by atoms with Crippen LogP contribution in [0.3, 0.4) is 0 Å². The molecule has 4 rings (SSSR count). The Hall–Kier alpha value is -1.77. The predicted octanol–water partition coefficient (Wildman–Crippen LogP) is 3.36. The van der Waals surface area contributed by atoms with E-state index in [1.54, 1.807) is 33.6 Å². The van der Waals surface area contributed by atoms with E-state index in [0.717, 1.165) is 30.2 Å². The summed E-state index contributed by atoms with van der Waals surface area (Å²) in [6, 6.07) is 9.46. The minimum atomic E-state index is -0.0357. The van der Waals surface area contributed by atoms with Crippen molar-refractivity contribution in [3.8, 4) is 0 Å². The van der Waals surface area contributed by atoms with Crippen molar-refractivity contribution < 1.29 is 0 Å². The molecule has 0 atom stereocenters. The van der Waals surface area contributed by atoms with Gasteiger partial charge in [0.25, 0.3) is 5.56 Å². The van der Waals surface area contributed by atoms with Gasteiger partial charge in [0, 0.05) is 11.8 Å². The first-order valence-electron chi connectivity index (χ1n) is 6.54. The minimum absolute atomic E-state index is 0.0357. The lowest BCUT2D eigenvalue weighted by Crippen LogP contribution is -2.13. The standard InChI is InChI=1S/C14H10N4OS3/c1-8-16-17-14(21-8)20-7-9-6-12(19)18-10-4-2-3-5-11(10)22-13(18)15-9/h2-6H,7H2,1H3. The number of aryl methyl sites for hydroxylation is 1. The Bertz CT molecular complexity index is 1030. The van der Waals surface area contributed by atoms with Crippen molar-refractivity contribution in [2.24, 2.45) is 0 Å². The number of rotatable bonds is 3. The van der Waals surface area contributed by atoms with Crippen LogP contribution in [0.5, 0.6) is 0 Å². The number of aromatic nitrogens is 4. The summed E-state index contributed by atoms with van der Waals surface area (Å²) >= 11 is 4.64. The van der Waals surface area contributed by atoms with Gasteiger partial charge in [0.05, 0.1) is 15.9 Å². The van der Waals surface area contributed by atoms with Gasteiger partial charge in [-0.25, -0.2) is 4.98 Å². The van der Waals surface area contributed by atoms with Crippen molar-refractivity contribution >= 4 is 49.6 Å². The number of thiazole rings is 1. The topological polar surface area (TPSA) is 60.2 Å². The second-order valence-electron chi connectivity index (χ2n) is 4.65. The molecular weight excluding hydrogens is 336 g/mol. The van der Waals surface area contributed by atoms with Crippen LogP contribution in [0.2, 0.25) is 0 Å². The summed E-state index contributed by atoms with van der Waals surface area (Å²) in [4.78, 5) is 17.7. The highest BCUT2D eigenvalue weighted by Crippen LogP contribution is 2.27. The number of hydrogen-bond acceptors (Lipinski definition) is 7. The molecule has 3 heterocycles. The zero-order valence-corrected chi connectivity index (χ0v) is 14.0. The molecule has 0 aliphatic carbocycles. The second kappa shape index (κ2) is 5.45. The number of para-hydroxylation sites is 1. The Balaban J connectivity index is 1.73. The molecule has 0 amide bonds. The lowest BCUT2D eigenvalue weighted by molar-refractivity contribution is 0.982. The molecule has 0 unspecified atom stereocenters. The Morgan fingerprint density at radius 2 is 2.09 bits per heavy atom. The maximum atomic E-state index is 12.4. The molecule has 110 valence electrons. The van der Waals surface area contributed by atoms with Gasteiger partial charge in [0.15, 0.2) is 9.30 Å². The lowest BCUT2D eigenvalue weighted by Gasteiger charge is -1.99. The highest BCUT2D eigenvalue weighted by Gasteiger charge is 2.10. The number of hydrogen-bond donors (Lipinski definition) is 0. The number of fused-ring (bicyclic) bond motifs is 3. The van der Waals surface area contributed by atoms with Gasteiger partial charge in [0.2, 0.25) is 0 Å². The van der Waals surface area contributed by atoms with Crippen LogP contribution in [0.25, 0.3) is 15.2 Å². The van der Waals surface area contributed by atoms with Crippen LogP contribution in [0.15, 0.2) is 39.5 Å². The summed E-state index contributed by atoms with van der Waals surface area (Å²) in [5.74, 6) is 0.620. The normalized spacial score (nSPS) is 11.5. The monoisotopic (exact) mass is 346 g/mol. The zero-order chi connectivity index (χ0) is 15.1. The van der Waals surface area contributed by atoms with E-state index in [4.69, 9.17) is 0 Å². The molecule has 0 aliphatic heterocycles. The molecule has 0 saturated heterocycles. The van der Waals surface area contributed by atoms with Crippen LogP contribution in [0.4, 0.5) is 0 Å². The Morgan fingerprint density at radius 1 is 1.23 bits per heavy atom. The minimum Gasteiger partial charge on any atom is -0.269 e. The molecule has 0 bridgehead atoms. The zero-order valence-electron chi connectivity index (χ0n) is 11.5. The van der Waals surface area contributed by atoms with Crippen molar-refractivity contribution in [3.05, 3.63) is 51.4 Å². The first kappa shape index (κ1) is 13.9. The smallest absolute Gasteiger partial charge is 0.259 e. The van der Waals surface area contributed by atoms with Gasteiger partial charge in [-0.05, 0) is 19.1 Å². The van der Waals surface area contributed by atoms with Crippen LogP contribution in [0, 0.1) is 6.92 Å². The van der Waals surface area contributed by atoms with E-state index < -0.39 is 0 Å². The molecule has 0 N–H and O–H groups in total. The van der Waals surface area contributed by atoms with Crippen molar-refractivity contribution in [2.45, 2.75) is 17.0 Å². The predicted molar refractivity (Wildman–Crippen MR) is 91.1 cm³/mol. The highest BCUT2D eigenvalue weighted by molar-refractivity contribution is 8.00. The fraction of sp³-hybridized carbons (Fsp3) is 0.143. The van der Waals surface area contributed by atoms with Crippen molar-refractivity contribution in [1.29, 1.82) is 0 Å². The molecular formula is C14H10N4OS3.